The Balaban J connectivity index is 1.53. The van der Waals surface area contributed by atoms with Crippen molar-refractivity contribution in [2.75, 3.05) is 11.5 Å². The summed E-state index contributed by atoms with van der Waals surface area (Å²) in [7, 11) is 0. The third-order valence-electron chi connectivity index (χ3n) is 9.55. The third kappa shape index (κ3) is 5.67. The highest BCUT2D eigenvalue weighted by atomic mass is 14.6. The van der Waals surface area contributed by atoms with Crippen LogP contribution in [0.4, 0.5) is 11.4 Å². The minimum absolute atomic E-state index is 0.344. The highest BCUT2D eigenvalue weighted by molar-refractivity contribution is 5.92. The van der Waals surface area contributed by atoms with Crippen LogP contribution in [0.25, 0.3) is 33.4 Å². The minimum atomic E-state index is 0.344. The Morgan fingerprint density at radius 2 is 0.875 bits per heavy atom. The summed E-state index contributed by atoms with van der Waals surface area (Å²) in [5, 5.41) is 0. The van der Waals surface area contributed by atoms with Gasteiger partial charge >= 0.3 is 0 Å². The molecular weight excluding hydrogens is 486 g/mol. The molecule has 2 saturated carbocycles. The van der Waals surface area contributed by atoms with Crippen molar-refractivity contribution in [1.29, 1.82) is 0 Å². The molecule has 0 amide bonds. The van der Waals surface area contributed by atoms with Gasteiger partial charge in [0.1, 0.15) is 0 Å². The maximum atomic E-state index is 6.28. The molecule has 0 saturated heterocycles. The Labute approximate surface area is 239 Å². The van der Waals surface area contributed by atoms with Gasteiger partial charge in [0.05, 0.1) is 0 Å². The van der Waals surface area contributed by atoms with E-state index < -0.39 is 0 Å². The van der Waals surface area contributed by atoms with Crippen molar-refractivity contribution in [1.82, 2.24) is 0 Å². The van der Waals surface area contributed by atoms with Crippen molar-refractivity contribution >= 4 is 11.4 Å². The first-order valence-corrected chi connectivity index (χ1v) is 15.2. The molecule has 0 bridgehead atoms. The van der Waals surface area contributed by atoms with Gasteiger partial charge in [-0.1, -0.05) is 80.4 Å². The van der Waals surface area contributed by atoms with Crippen LogP contribution in [0.3, 0.4) is 0 Å². The lowest BCUT2D eigenvalue weighted by Crippen LogP contribution is -2.25. The van der Waals surface area contributed by atoms with Gasteiger partial charge in [-0.15, -0.1) is 0 Å². The predicted octanol–water partition coefficient (Wildman–Crippen LogP) is 9.13. The van der Waals surface area contributed by atoms with Crippen molar-refractivity contribution < 1.29 is 0 Å². The molecular formula is C37H43N3. The molecule has 0 heterocycles. The lowest BCUT2D eigenvalue weighted by Gasteiger charge is -2.28. The Morgan fingerprint density at radius 1 is 0.475 bits per heavy atom. The number of anilines is 2. The van der Waals surface area contributed by atoms with Gasteiger partial charge in [0, 0.05) is 17.4 Å². The lowest BCUT2D eigenvalue weighted by atomic mass is 9.77. The first-order valence-electron chi connectivity index (χ1n) is 15.2. The molecule has 0 aromatic heterocycles. The van der Waals surface area contributed by atoms with E-state index in [0.717, 1.165) is 43.0 Å². The molecule has 0 spiro atoms. The fraction of sp³-hybridized carbons (Fsp3) is 0.351. The van der Waals surface area contributed by atoms with E-state index in [2.05, 4.69) is 67.6 Å². The second kappa shape index (κ2) is 11.5. The van der Waals surface area contributed by atoms with Gasteiger partial charge in [-0.05, 0) is 125 Å². The fourth-order valence-electron chi connectivity index (χ4n) is 6.95. The minimum Gasteiger partial charge on any atom is -0.399 e. The van der Waals surface area contributed by atoms with Crippen LogP contribution in [0.15, 0.2) is 84.9 Å². The average molecular weight is 530 g/mol. The normalized spacial score (nSPS) is 23.1. The van der Waals surface area contributed by atoms with Crippen LogP contribution < -0.4 is 17.2 Å². The van der Waals surface area contributed by atoms with E-state index in [1.165, 1.54) is 70.2 Å². The number of benzene rings is 4. The van der Waals surface area contributed by atoms with Gasteiger partial charge < -0.3 is 17.2 Å². The third-order valence-corrected chi connectivity index (χ3v) is 9.55. The number of nitrogens with two attached hydrogens (primary N) is 3. The number of rotatable bonds is 5. The molecule has 3 heteroatoms. The first kappa shape index (κ1) is 26.7. The molecule has 3 nitrogen and oxygen atoms in total. The van der Waals surface area contributed by atoms with Crippen LogP contribution >= 0.6 is 0 Å². The fourth-order valence-corrected chi connectivity index (χ4v) is 6.95. The van der Waals surface area contributed by atoms with Gasteiger partial charge in [0.2, 0.25) is 0 Å². The van der Waals surface area contributed by atoms with E-state index in [4.69, 9.17) is 17.2 Å². The molecule has 0 radical (unpaired) electrons. The summed E-state index contributed by atoms with van der Waals surface area (Å²) >= 11 is 0. The van der Waals surface area contributed by atoms with Gasteiger partial charge in [-0.3, -0.25) is 0 Å². The molecule has 4 aromatic carbocycles. The lowest BCUT2D eigenvalue weighted by molar-refractivity contribution is 0.348. The van der Waals surface area contributed by atoms with Crippen LogP contribution in [0.5, 0.6) is 0 Å². The SMILES string of the molecule is CC1CCC(c2ccc(-c3ccc(N)cc3)c(-c3cc(C4CCC(N)CC4)ccc3-c3ccc(N)cc3)c2)CC1. The Kier molecular flexibility index (Phi) is 7.67. The molecule has 2 aliphatic carbocycles. The highest BCUT2D eigenvalue weighted by Gasteiger charge is 2.24. The van der Waals surface area contributed by atoms with Gasteiger partial charge in [-0.25, -0.2) is 0 Å². The molecule has 4 aromatic rings. The maximum Gasteiger partial charge on any atom is 0.0314 e. The van der Waals surface area contributed by atoms with E-state index in [-0.39, 0.29) is 0 Å². The van der Waals surface area contributed by atoms with Crippen molar-refractivity contribution in [3.05, 3.63) is 96.1 Å². The molecule has 2 fully saturated rings. The van der Waals surface area contributed by atoms with E-state index in [1.54, 1.807) is 0 Å². The summed E-state index contributed by atoms with van der Waals surface area (Å²) in [4.78, 5) is 0. The maximum absolute atomic E-state index is 6.28. The van der Waals surface area contributed by atoms with Crippen LogP contribution in [-0.4, -0.2) is 6.04 Å². The van der Waals surface area contributed by atoms with Crippen LogP contribution in [0, 0.1) is 5.92 Å². The number of hydrogen-bond acceptors (Lipinski definition) is 3. The van der Waals surface area contributed by atoms with E-state index in [0.29, 0.717) is 17.9 Å². The van der Waals surface area contributed by atoms with Gasteiger partial charge in [-0.2, -0.15) is 0 Å². The summed E-state index contributed by atoms with van der Waals surface area (Å²) in [5.41, 5.74) is 30.5. The van der Waals surface area contributed by atoms with Crippen LogP contribution in [-0.2, 0) is 0 Å². The molecule has 6 N–H and O–H groups in total. The Bertz CT molecular complexity index is 1330. The summed E-state index contributed by atoms with van der Waals surface area (Å²) in [6.07, 6.45) is 9.70. The zero-order chi connectivity index (χ0) is 27.6. The monoisotopic (exact) mass is 529 g/mol. The van der Waals surface area contributed by atoms with Crippen molar-refractivity contribution in [3.63, 3.8) is 0 Å². The zero-order valence-electron chi connectivity index (χ0n) is 23.8. The molecule has 6 rings (SSSR count). The molecule has 2 aliphatic rings. The second-order valence-electron chi connectivity index (χ2n) is 12.4. The first-order chi connectivity index (χ1) is 19.4. The summed E-state index contributed by atoms with van der Waals surface area (Å²) in [6, 6.07) is 31.4. The van der Waals surface area contributed by atoms with E-state index in [1.807, 2.05) is 24.3 Å². The van der Waals surface area contributed by atoms with Crippen molar-refractivity contribution in [2.24, 2.45) is 11.7 Å². The molecule has 40 heavy (non-hydrogen) atoms. The quantitative estimate of drug-likeness (QED) is 0.226. The van der Waals surface area contributed by atoms with Crippen LogP contribution in [0.2, 0.25) is 0 Å². The standard InChI is InChI=1S/C37H43N3/c1-24-2-4-25(5-3-24)29-12-20-34(27-8-16-32(39)17-9-27)36(22-29)37-23-30(26-6-14-31(38)15-7-26)13-21-35(37)28-10-18-33(40)19-11-28/h8-13,16-26,31H,2-7,14-15,38-40H2,1H3. The van der Waals surface area contributed by atoms with Crippen LogP contribution in [0.1, 0.15) is 81.3 Å². The van der Waals surface area contributed by atoms with Gasteiger partial charge in [0.25, 0.3) is 0 Å². The molecule has 0 atom stereocenters. The highest BCUT2D eigenvalue weighted by Crippen LogP contribution is 2.44. The number of nitrogen functional groups attached to an aromatic ring is 2. The second-order valence-corrected chi connectivity index (χ2v) is 12.4. The molecule has 206 valence electrons. The zero-order valence-corrected chi connectivity index (χ0v) is 23.8. The molecule has 0 aliphatic heterocycles. The summed E-state index contributed by atoms with van der Waals surface area (Å²) < 4.78 is 0. The Morgan fingerprint density at radius 3 is 1.30 bits per heavy atom. The van der Waals surface area contributed by atoms with Gasteiger partial charge in [0.15, 0.2) is 0 Å². The Hall–Kier alpha value is -3.56. The van der Waals surface area contributed by atoms with E-state index >= 15 is 0 Å². The van der Waals surface area contributed by atoms with Crippen molar-refractivity contribution in [2.45, 2.75) is 76.2 Å². The predicted molar refractivity (Wildman–Crippen MR) is 171 cm³/mol. The summed E-state index contributed by atoms with van der Waals surface area (Å²) in [5.74, 6) is 2.02. The largest absolute Gasteiger partial charge is 0.399 e. The smallest absolute Gasteiger partial charge is 0.0314 e. The topological polar surface area (TPSA) is 78.1 Å². The molecule has 0 unspecified atom stereocenters. The number of hydrogen-bond donors (Lipinski definition) is 3. The average Bonchev–Trinajstić information content (AvgIpc) is 2.98. The summed E-state index contributed by atoms with van der Waals surface area (Å²) in [6.45, 7) is 2.40. The van der Waals surface area contributed by atoms with E-state index in [9.17, 15) is 0 Å². The van der Waals surface area contributed by atoms with Crippen molar-refractivity contribution in [3.8, 4) is 33.4 Å².